The first-order valence-corrected chi connectivity index (χ1v) is 3.52. The molecule has 0 saturated heterocycles. The maximum atomic E-state index is 12.0. The van der Waals surface area contributed by atoms with Crippen LogP contribution in [0.4, 0.5) is 13.2 Å². The number of hydrogen-bond acceptors (Lipinski definition) is 4. The number of alkyl halides is 3. The first kappa shape index (κ1) is 9.82. The van der Waals surface area contributed by atoms with Crippen molar-refractivity contribution in [3.05, 3.63) is 0 Å². The van der Waals surface area contributed by atoms with Gasteiger partial charge in [-0.15, -0.1) is 0 Å². The Hall–Kier alpha value is -1.27. The van der Waals surface area contributed by atoms with Gasteiger partial charge in [0.25, 0.3) is 5.84 Å². The quantitative estimate of drug-likeness (QED) is 0.624. The van der Waals surface area contributed by atoms with Crippen LogP contribution in [0.1, 0.15) is 6.92 Å². The van der Waals surface area contributed by atoms with Crippen LogP contribution in [-0.2, 0) is 4.84 Å². The Balaban J connectivity index is 2.88. The zero-order chi connectivity index (χ0) is 10.1. The smallest absolute Gasteiger partial charge is 0.383 e. The maximum absolute atomic E-state index is 12.0. The van der Waals surface area contributed by atoms with Crippen molar-refractivity contribution in [3.8, 4) is 0 Å². The molecule has 0 aromatic rings. The highest BCUT2D eigenvalue weighted by Crippen LogP contribution is 2.20. The van der Waals surface area contributed by atoms with Crippen molar-refractivity contribution < 1.29 is 18.0 Å². The van der Waals surface area contributed by atoms with Gasteiger partial charge in [-0.2, -0.15) is 13.2 Å². The zero-order valence-electron chi connectivity index (χ0n) is 7.01. The molecule has 0 aromatic heterocycles. The van der Waals surface area contributed by atoms with E-state index in [0.29, 0.717) is 0 Å². The van der Waals surface area contributed by atoms with E-state index in [1.54, 1.807) is 6.92 Å². The van der Waals surface area contributed by atoms with Crippen molar-refractivity contribution in [2.75, 3.05) is 7.05 Å². The average Bonchev–Trinajstić information content (AvgIpc) is 2.03. The highest BCUT2D eigenvalue weighted by Gasteiger charge is 2.39. The molecule has 74 valence electrons. The van der Waals surface area contributed by atoms with Gasteiger partial charge in [0.15, 0.2) is 6.10 Å². The molecule has 1 rings (SSSR count). The summed E-state index contributed by atoms with van der Waals surface area (Å²) in [7, 11) is 1.47. The minimum atomic E-state index is -4.57. The molecule has 0 spiro atoms. The number of halogens is 3. The van der Waals surface area contributed by atoms with E-state index in [0.717, 1.165) is 0 Å². The summed E-state index contributed by atoms with van der Waals surface area (Å²) in [5, 5.41) is 5.34. The van der Waals surface area contributed by atoms with Crippen molar-refractivity contribution in [2.45, 2.75) is 19.2 Å². The number of amidine groups is 2. The van der Waals surface area contributed by atoms with Crippen LogP contribution < -0.4 is 5.32 Å². The van der Waals surface area contributed by atoms with Gasteiger partial charge >= 0.3 is 6.18 Å². The van der Waals surface area contributed by atoms with Crippen LogP contribution in [0.5, 0.6) is 0 Å². The summed E-state index contributed by atoms with van der Waals surface area (Å²) in [6.45, 7) is 1.55. The highest BCUT2D eigenvalue weighted by atomic mass is 19.4. The summed E-state index contributed by atoms with van der Waals surface area (Å²) in [6, 6.07) is 0. The lowest BCUT2D eigenvalue weighted by atomic mass is 10.3. The second-order valence-electron chi connectivity index (χ2n) is 2.41. The van der Waals surface area contributed by atoms with Gasteiger partial charge in [-0.25, -0.2) is 4.99 Å². The molecule has 0 fully saturated rings. The number of oxime groups is 1. The summed E-state index contributed by atoms with van der Waals surface area (Å²) in [4.78, 5) is 7.75. The molecule has 0 aliphatic carbocycles. The Bertz CT molecular complexity index is 258. The molecule has 1 atom stereocenters. The molecular weight excluding hydrogens is 187 g/mol. The fourth-order valence-corrected chi connectivity index (χ4v) is 0.779. The van der Waals surface area contributed by atoms with E-state index in [9.17, 15) is 13.2 Å². The van der Waals surface area contributed by atoms with Crippen molar-refractivity contribution in [1.82, 2.24) is 5.32 Å². The zero-order valence-corrected chi connectivity index (χ0v) is 7.01. The lowest BCUT2D eigenvalue weighted by molar-refractivity contribution is -0.0648. The molecule has 0 amide bonds. The summed E-state index contributed by atoms with van der Waals surface area (Å²) >= 11 is 0. The van der Waals surface area contributed by atoms with Gasteiger partial charge in [0.05, 0.1) is 0 Å². The number of nitrogens with one attached hydrogen (secondary N) is 1. The van der Waals surface area contributed by atoms with Crippen molar-refractivity contribution in [2.24, 2.45) is 10.1 Å². The summed E-state index contributed by atoms with van der Waals surface area (Å²) < 4.78 is 36.1. The molecule has 13 heavy (non-hydrogen) atoms. The van der Waals surface area contributed by atoms with E-state index < -0.39 is 18.1 Å². The third kappa shape index (κ3) is 2.10. The predicted octanol–water partition coefficient (Wildman–Crippen LogP) is 0.899. The fourth-order valence-electron chi connectivity index (χ4n) is 0.779. The van der Waals surface area contributed by atoms with Crippen LogP contribution in [0.3, 0.4) is 0 Å². The van der Waals surface area contributed by atoms with Crippen molar-refractivity contribution in [1.29, 1.82) is 0 Å². The number of rotatable bonds is 0. The molecule has 1 heterocycles. The molecule has 1 aliphatic rings. The monoisotopic (exact) mass is 195 g/mol. The first-order chi connectivity index (χ1) is 5.95. The molecule has 0 radical (unpaired) electrons. The molecule has 0 saturated carbocycles. The van der Waals surface area contributed by atoms with E-state index >= 15 is 0 Å². The molecule has 7 heteroatoms. The van der Waals surface area contributed by atoms with Gasteiger partial charge < -0.3 is 10.2 Å². The highest BCUT2D eigenvalue weighted by molar-refractivity contribution is 6.02. The average molecular weight is 195 g/mol. The fraction of sp³-hybridized carbons (Fsp3) is 0.667. The van der Waals surface area contributed by atoms with Gasteiger partial charge in [0, 0.05) is 7.05 Å². The number of aliphatic imine (C=N–C) groups is 1. The van der Waals surface area contributed by atoms with Crippen LogP contribution in [0, 0.1) is 0 Å². The molecule has 0 bridgehead atoms. The summed E-state index contributed by atoms with van der Waals surface area (Å²) in [6.07, 6.45) is -5.14. The van der Waals surface area contributed by atoms with Crippen LogP contribution >= 0.6 is 0 Å². The molecule has 1 aliphatic heterocycles. The SMILES string of the molecule is CNC1=NC(C(F)(F)F)=NOC1C. The second-order valence-corrected chi connectivity index (χ2v) is 2.41. The van der Waals surface area contributed by atoms with E-state index in [1.807, 2.05) is 0 Å². The van der Waals surface area contributed by atoms with E-state index in [-0.39, 0.29) is 5.84 Å². The topological polar surface area (TPSA) is 46.0 Å². The number of likely N-dealkylation sites (N-methyl/N-ethyl adjacent to an activating group) is 1. The van der Waals surface area contributed by atoms with Gasteiger partial charge in [-0.1, -0.05) is 5.16 Å². The van der Waals surface area contributed by atoms with E-state index in [1.165, 1.54) is 7.05 Å². The minimum absolute atomic E-state index is 0.113. The molecular formula is C6H8F3N3O. The first-order valence-electron chi connectivity index (χ1n) is 3.52. The number of nitrogens with zero attached hydrogens (tertiary/aromatic N) is 2. The van der Waals surface area contributed by atoms with Crippen LogP contribution in [-0.4, -0.2) is 31.0 Å². The Morgan fingerprint density at radius 1 is 1.46 bits per heavy atom. The Kier molecular flexibility index (Phi) is 2.44. The van der Waals surface area contributed by atoms with Crippen LogP contribution in [0.25, 0.3) is 0 Å². The van der Waals surface area contributed by atoms with Gasteiger partial charge in [0.2, 0.25) is 0 Å². The molecule has 1 N–H and O–H groups in total. The summed E-state index contributed by atoms with van der Waals surface area (Å²) in [5.41, 5.74) is 0. The third-order valence-electron chi connectivity index (χ3n) is 1.42. The number of hydrogen-bond donors (Lipinski definition) is 1. The lowest BCUT2D eigenvalue weighted by Crippen LogP contribution is -2.38. The van der Waals surface area contributed by atoms with Crippen molar-refractivity contribution >= 4 is 11.7 Å². The van der Waals surface area contributed by atoms with Crippen molar-refractivity contribution in [3.63, 3.8) is 0 Å². The lowest BCUT2D eigenvalue weighted by Gasteiger charge is -2.18. The molecule has 4 nitrogen and oxygen atoms in total. The van der Waals surface area contributed by atoms with Crippen LogP contribution in [0.15, 0.2) is 10.1 Å². The Labute approximate surface area is 72.5 Å². The van der Waals surface area contributed by atoms with E-state index in [2.05, 4.69) is 20.3 Å². The summed E-state index contributed by atoms with van der Waals surface area (Å²) in [5.74, 6) is -1.16. The minimum Gasteiger partial charge on any atom is -0.383 e. The van der Waals surface area contributed by atoms with Gasteiger partial charge in [-0.3, -0.25) is 0 Å². The molecule has 1 unspecified atom stereocenters. The van der Waals surface area contributed by atoms with E-state index in [4.69, 9.17) is 0 Å². The third-order valence-corrected chi connectivity index (χ3v) is 1.42. The molecule has 0 aromatic carbocycles. The largest absolute Gasteiger partial charge is 0.455 e. The standard InChI is InChI=1S/C6H8F3N3O/c1-3-4(10-2)11-5(12-13-3)6(7,8)9/h3H,1-2H3,(H,10,11,12). The Morgan fingerprint density at radius 3 is 2.54 bits per heavy atom. The van der Waals surface area contributed by atoms with Gasteiger partial charge in [0.1, 0.15) is 5.84 Å². The predicted molar refractivity (Wildman–Crippen MR) is 40.5 cm³/mol. The Morgan fingerprint density at radius 2 is 2.08 bits per heavy atom. The normalized spacial score (nSPS) is 23.0. The van der Waals surface area contributed by atoms with Crippen LogP contribution in [0.2, 0.25) is 0 Å². The second kappa shape index (κ2) is 3.23. The van der Waals surface area contributed by atoms with Gasteiger partial charge in [-0.05, 0) is 6.92 Å². The maximum Gasteiger partial charge on any atom is 0.455 e.